The first-order chi connectivity index (χ1) is 8.10. The Morgan fingerprint density at radius 2 is 2.29 bits per heavy atom. The Hall–Kier alpha value is -1.06. The van der Waals surface area contributed by atoms with Gasteiger partial charge in [-0.1, -0.05) is 17.7 Å². The van der Waals surface area contributed by atoms with Crippen molar-refractivity contribution in [1.29, 1.82) is 0 Å². The third-order valence-corrected chi connectivity index (χ3v) is 2.70. The fourth-order valence-electron chi connectivity index (χ4n) is 1.54. The first kappa shape index (κ1) is 14.0. The Morgan fingerprint density at radius 1 is 1.59 bits per heavy atom. The summed E-state index contributed by atoms with van der Waals surface area (Å²) in [7, 11) is 0. The van der Waals surface area contributed by atoms with Crippen molar-refractivity contribution < 1.29 is 9.13 Å². The van der Waals surface area contributed by atoms with Gasteiger partial charge in [-0.25, -0.2) is 4.39 Å². The van der Waals surface area contributed by atoms with E-state index in [-0.39, 0.29) is 16.8 Å². The summed E-state index contributed by atoms with van der Waals surface area (Å²) in [5, 5.41) is 0.260. The summed E-state index contributed by atoms with van der Waals surface area (Å²) in [6.07, 6.45) is 3.28. The molecule has 0 spiro atoms. The third kappa shape index (κ3) is 3.72. The normalized spacial score (nSPS) is 12.2. The lowest BCUT2D eigenvalue weighted by atomic mass is 10.0. The van der Waals surface area contributed by atoms with Gasteiger partial charge in [0.05, 0.1) is 11.6 Å². The zero-order valence-corrected chi connectivity index (χ0v) is 10.6. The molecule has 0 saturated heterocycles. The van der Waals surface area contributed by atoms with Gasteiger partial charge in [-0.2, -0.15) is 0 Å². The molecule has 17 heavy (non-hydrogen) atoms. The van der Waals surface area contributed by atoms with Crippen LogP contribution in [0.2, 0.25) is 5.02 Å². The number of rotatable bonds is 6. The molecule has 2 nitrogen and oxygen atoms in total. The van der Waals surface area contributed by atoms with Gasteiger partial charge in [0.1, 0.15) is 0 Å². The Balaban J connectivity index is 2.92. The molecule has 0 aliphatic heterocycles. The summed E-state index contributed by atoms with van der Waals surface area (Å²) in [5.74, 6) is -0.378. The van der Waals surface area contributed by atoms with Crippen molar-refractivity contribution in [2.75, 3.05) is 6.61 Å². The average Bonchev–Trinajstić information content (AvgIpc) is 2.30. The van der Waals surface area contributed by atoms with Crippen LogP contribution in [0.1, 0.15) is 31.4 Å². The lowest BCUT2D eigenvalue weighted by Gasteiger charge is -2.14. The van der Waals surface area contributed by atoms with E-state index in [0.29, 0.717) is 18.6 Å². The maximum Gasteiger partial charge on any atom is 0.173 e. The van der Waals surface area contributed by atoms with E-state index in [1.54, 1.807) is 19.1 Å². The monoisotopic (exact) mass is 257 g/mol. The van der Waals surface area contributed by atoms with Gasteiger partial charge in [0, 0.05) is 6.04 Å². The van der Waals surface area contributed by atoms with Gasteiger partial charge in [-0.05, 0) is 37.5 Å². The molecule has 1 aromatic carbocycles. The minimum atomic E-state index is -0.469. The van der Waals surface area contributed by atoms with Gasteiger partial charge < -0.3 is 10.5 Å². The molecule has 0 amide bonds. The Kier molecular flexibility index (Phi) is 5.45. The molecule has 0 aliphatic carbocycles. The third-order valence-electron chi connectivity index (χ3n) is 2.42. The molecule has 1 atom stereocenters. The van der Waals surface area contributed by atoms with E-state index in [1.807, 2.05) is 0 Å². The van der Waals surface area contributed by atoms with Crippen molar-refractivity contribution in [1.82, 2.24) is 0 Å². The van der Waals surface area contributed by atoms with Crippen molar-refractivity contribution in [3.05, 3.63) is 41.2 Å². The Bertz CT molecular complexity index is 372. The number of nitrogens with two attached hydrogens (primary N) is 1. The molecule has 4 heteroatoms. The van der Waals surface area contributed by atoms with Crippen molar-refractivity contribution in [2.45, 2.75) is 25.8 Å². The van der Waals surface area contributed by atoms with E-state index < -0.39 is 5.82 Å². The molecule has 0 unspecified atom stereocenters. The smallest absolute Gasteiger partial charge is 0.173 e. The van der Waals surface area contributed by atoms with E-state index in [1.165, 1.54) is 6.07 Å². The number of benzene rings is 1. The summed E-state index contributed by atoms with van der Waals surface area (Å²) in [6.45, 7) is 5.77. The van der Waals surface area contributed by atoms with Crippen LogP contribution in [0.25, 0.3) is 0 Å². The average molecular weight is 258 g/mol. The molecule has 94 valence electrons. The summed E-state index contributed by atoms with van der Waals surface area (Å²) < 4.78 is 18.8. The van der Waals surface area contributed by atoms with Gasteiger partial charge in [0.2, 0.25) is 0 Å². The minimum absolute atomic E-state index is 0.0915. The van der Waals surface area contributed by atoms with Crippen LogP contribution in [0.15, 0.2) is 24.8 Å². The second-order valence-corrected chi connectivity index (χ2v) is 4.13. The zero-order chi connectivity index (χ0) is 12.8. The maximum absolute atomic E-state index is 13.7. The van der Waals surface area contributed by atoms with E-state index in [9.17, 15) is 4.39 Å². The van der Waals surface area contributed by atoms with E-state index in [0.717, 1.165) is 6.42 Å². The molecule has 0 aromatic heterocycles. The van der Waals surface area contributed by atoms with Crippen LogP contribution in [-0.2, 0) is 0 Å². The van der Waals surface area contributed by atoms with Crippen LogP contribution < -0.4 is 10.5 Å². The highest BCUT2D eigenvalue weighted by molar-refractivity contribution is 6.32. The first-order valence-electron chi connectivity index (χ1n) is 5.58. The molecule has 1 aromatic rings. The molecule has 0 bridgehead atoms. The standard InChI is InChI=1S/C13H17ClFNO/c1-3-5-6-12(16)9-7-10(14)13(17-4-2)11(15)8-9/h3,7-8,12H,1,4-6,16H2,2H3/t12-/m0/s1. The maximum atomic E-state index is 13.7. The molecular weight excluding hydrogens is 241 g/mol. The topological polar surface area (TPSA) is 35.2 Å². The number of hydrogen-bond acceptors (Lipinski definition) is 2. The quantitative estimate of drug-likeness (QED) is 0.786. The largest absolute Gasteiger partial charge is 0.489 e. The van der Waals surface area contributed by atoms with Crippen molar-refractivity contribution in [2.24, 2.45) is 5.73 Å². The highest BCUT2D eigenvalue weighted by Gasteiger charge is 2.14. The van der Waals surface area contributed by atoms with Gasteiger partial charge in [0.25, 0.3) is 0 Å². The van der Waals surface area contributed by atoms with Crippen molar-refractivity contribution >= 4 is 11.6 Å². The molecule has 0 fully saturated rings. The number of hydrogen-bond donors (Lipinski definition) is 1. The molecule has 2 N–H and O–H groups in total. The molecule has 0 saturated carbocycles. The van der Waals surface area contributed by atoms with Crippen molar-refractivity contribution in [3.8, 4) is 5.75 Å². The second-order valence-electron chi connectivity index (χ2n) is 3.72. The molecule has 1 rings (SSSR count). The van der Waals surface area contributed by atoms with Gasteiger partial charge in [0.15, 0.2) is 11.6 Å². The molecular formula is C13H17ClFNO. The van der Waals surface area contributed by atoms with E-state index in [2.05, 4.69) is 6.58 Å². The Labute approximate surface area is 106 Å². The summed E-state index contributed by atoms with van der Waals surface area (Å²) >= 11 is 5.95. The minimum Gasteiger partial charge on any atom is -0.489 e. The SMILES string of the molecule is C=CCC[C@H](N)c1cc(F)c(OCC)c(Cl)c1. The van der Waals surface area contributed by atoms with E-state index >= 15 is 0 Å². The van der Waals surface area contributed by atoms with Crippen LogP contribution >= 0.6 is 11.6 Å². The molecule has 0 radical (unpaired) electrons. The number of allylic oxidation sites excluding steroid dienone is 1. The van der Waals surface area contributed by atoms with Crippen LogP contribution in [-0.4, -0.2) is 6.61 Å². The van der Waals surface area contributed by atoms with Crippen molar-refractivity contribution in [3.63, 3.8) is 0 Å². The molecule has 0 heterocycles. The lowest BCUT2D eigenvalue weighted by Crippen LogP contribution is -2.10. The predicted octanol–water partition coefficient (Wildman–Crippen LogP) is 3.84. The number of halogens is 2. The van der Waals surface area contributed by atoms with Crippen LogP contribution in [0.4, 0.5) is 4.39 Å². The van der Waals surface area contributed by atoms with E-state index in [4.69, 9.17) is 22.1 Å². The van der Waals surface area contributed by atoms with Gasteiger partial charge in [-0.3, -0.25) is 0 Å². The predicted molar refractivity (Wildman–Crippen MR) is 68.9 cm³/mol. The highest BCUT2D eigenvalue weighted by Crippen LogP contribution is 2.31. The highest BCUT2D eigenvalue weighted by atomic mass is 35.5. The number of ether oxygens (including phenoxy) is 1. The lowest BCUT2D eigenvalue weighted by molar-refractivity contribution is 0.321. The fraction of sp³-hybridized carbons (Fsp3) is 0.385. The van der Waals surface area contributed by atoms with Crippen LogP contribution in [0.5, 0.6) is 5.75 Å². The van der Waals surface area contributed by atoms with Gasteiger partial charge in [-0.15, -0.1) is 6.58 Å². The van der Waals surface area contributed by atoms with Crippen LogP contribution in [0.3, 0.4) is 0 Å². The van der Waals surface area contributed by atoms with Crippen LogP contribution in [0, 0.1) is 5.82 Å². The summed E-state index contributed by atoms with van der Waals surface area (Å²) in [4.78, 5) is 0. The summed E-state index contributed by atoms with van der Waals surface area (Å²) in [5.41, 5.74) is 6.61. The van der Waals surface area contributed by atoms with Gasteiger partial charge >= 0.3 is 0 Å². The first-order valence-corrected chi connectivity index (χ1v) is 5.96. The zero-order valence-electron chi connectivity index (χ0n) is 9.88. The Morgan fingerprint density at radius 3 is 2.82 bits per heavy atom. The summed E-state index contributed by atoms with van der Waals surface area (Å²) in [6, 6.07) is 2.80. The molecule has 0 aliphatic rings. The second kappa shape index (κ2) is 6.62. The fourth-order valence-corrected chi connectivity index (χ4v) is 1.81.